The van der Waals surface area contributed by atoms with Crippen molar-refractivity contribution in [3.8, 4) is 0 Å². The Hall–Kier alpha value is -2.13. The summed E-state index contributed by atoms with van der Waals surface area (Å²) in [6, 6.07) is 12.5. The zero-order valence-electron chi connectivity index (χ0n) is 12.0. The Morgan fingerprint density at radius 3 is 2.76 bits per heavy atom. The maximum atomic E-state index is 5.93. The van der Waals surface area contributed by atoms with Crippen LogP contribution in [0.25, 0.3) is 10.9 Å². The standard InChI is InChI=1S/C17H16ClN3/c1-11-7-15(10-20-17(11)18)19-9-13-4-6-16-14(8-13)5-3-12(2)21-16/h3-8,10,19H,9H2,1-2H3. The number of anilines is 1. The fourth-order valence-corrected chi connectivity index (χ4v) is 2.35. The quantitative estimate of drug-likeness (QED) is 0.723. The van der Waals surface area contributed by atoms with Crippen molar-refractivity contribution in [2.24, 2.45) is 0 Å². The normalized spacial score (nSPS) is 10.8. The number of rotatable bonds is 3. The highest BCUT2D eigenvalue weighted by Gasteiger charge is 2.01. The van der Waals surface area contributed by atoms with Gasteiger partial charge in [0.05, 0.1) is 17.4 Å². The van der Waals surface area contributed by atoms with Crippen LogP contribution in [0.1, 0.15) is 16.8 Å². The summed E-state index contributed by atoms with van der Waals surface area (Å²) in [6.45, 7) is 4.70. The van der Waals surface area contributed by atoms with Crippen molar-refractivity contribution in [3.05, 3.63) is 64.6 Å². The second kappa shape index (κ2) is 5.70. The van der Waals surface area contributed by atoms with Gasteiger partial charge in [0.1, 0.15) is 5.15 Å². The van der Waals surface area contributed by atoms with Gasteiger partial charge in [-0.1, -0.05) is 23.7 Å². The molecule has 0 unspecified atom stereocenters. The number of aryl methyl sites for hydroxylation is 2. The van der Waals surface area contributed by atoms with Gasteiger partial charge < -0.3 is 5.32 Å². The monoisotopic (exact) mass is 297 g/mol. The molecule has 0 fully saturated rings. The van der Waals surface area contributed by atoms with Gasteiger partial charge in [-0.3, -0.25) is 4.98 Å². The smallest absolute Gasteiger partial charge is 0.132 e. The molecule has 3 rings (SSSR count). The molecular weight excluding hydrogens is 282 g/mol. The number of nitrogens with one attached hydrogen (secondary N) is 1. The summed E-state index contributed by atoms with van der Waals surface area (Å²) < 4.78 is 0. The molecule has 0 saturated heterocycles. The van der Waals surface area contributed by atoms with E-state index in [0.717, 1.165) is 34.4 Å². The molecule has 0 aliphatic rings. The molecule has 4 heteroatoms. The van der Waals surface area contributed by atoms with Crippen LogP contribution < -0.4 is 5.32 Å². The third-order valence-electron chi connectivity index (χ3n) is 3.40. The Balaban J connectivity index is 1.78. The number of aromatic nitrogens is 2. The first kappa shape index (κ1) is 13.8. The lowest BCUT2D eigenvalue weighted by atomic mass is 10.1. The Kier molecular flexibility index (Phi) is 3.76. The van der Waals surface area contributed by atoms with Crippen LogP contribution in [-0.2, 0) is 6.54 Å². The molecule has 0 amide bonds. The molecule has 0 aliphatic carbocycles. The molecule has 2 aromatic heterocycles. The van der Waals surface area contributed by atoms with Crippen LogP contribution in [0, 0.1) is 13.8 Å². The van der Waals surface area contributed by atoms with Gasteiger partial charge in [0.2, 0.25) is 0 Å². The highest BCUT2D eigenvalue weighted by molar-refractivity contribution is 6.30. The highest BCUT2D eigenvalue weighted by atomic mass is 35.5. The molecule has 21 heavy (non-hydrogen) atoms. The van der Waals surface area contributed by atoms with Crippen molar-refractivity contribution in [3.63, 3.8) is 0 Å². The van der Waals surface area contributed by atoms with Crippen molar-refractivity contribution < 1.29 is 0 Å². The number of pyridine rings is 2. The summed E-state index contributed by atoms with van der Waals surface area (Å²) in [7, 11) is 0. The van der Waals surface area contributed by atoms with Crippen LogP contribution in [-0.4, -0.2) is 9.97 Å². The first-order valence-corrected chi connectivity index (χ1v) is 7.22. The lowest BCUT2D eigenvalue weighted by Gasteiger charge is -2.08. The molecule has 0 bridgehead atoms. The zero-order chi connectivity index (χ0) is 14.8. The van der Waals surface area contributed by atoms with Gasteiger partial charge in [0.25, 0.3) is 0 Å². The second-order valence-electron chi connectivity index (χ2n) is 5.16. The summed E-state index contributed by atoms with van der Waals surface area (Å²) in [5, 5.41) is 5.07. The minimum absolute atomic E-state index is 0.549. The summed E-state index contributed by atoms with van der Waals surface area (Å²) >= 11 is 5.93. The Morgan fingerprint density at radius 2 is 1.95 bits per heavy atom. The van der Waals surface area contributed by atoms with E-state index in [2.05, 4.69) is 39.6 Å². The van der Waals surface area contributed by atoms with E-state index in [1.54, 1.807) is 6.20 Å². The van der Waals surface area contributed by atoms with Gasteiger partial charge in [0, 0.05) is 17.6 Å². The van der Waals surface area contributed by atoms with E-state index < -0.39 is 0 Å². The molecule has 3 nitrogen and oxygen atoms in total. The molecular formula is C17H16ClN3. The average Bonchev–Trinajstić information content (AvgIpc) is 2.48. The number of nitrogens with zero attached hydrogens (tertiary/aromatic N) is 2. The van der Waals surface area contributed by atoms with Crippen molar-refractivity contribution in [1.29, 1.82) is 0 Å². The molecule has 0 aliphatic heterocycles. The van der Waals surface area contributed by atoms with Gasteiger partial charge in [-0.15, -0.1) is 0 Å². The molecule has 0 atom stereocenters. The van der Waals surface area contributed by atoms with E-state index >= 15 is 0 Å². The van der Waals surface area contributed by atoms with Crippen LogP contribution >= 0.6 is 11.6 Å². The summed E-state index contributed by atoms with van der Waals surface area (Å²) in [5.74, 6) is 0. The molecule has 1 aromatic carbocycles. The number of hydrogen-bond donors (Lipinski definition) is 1. The first-order valence-electron chi connectivity index (χ1n) is 6.84. The van der Waals surface area contributed by atoms with Crippen LogP contribution in [0.15, 0.2) is 42.6 Å². The Bertz CT molecular complexity index is 799. The SMILES string of the molecule is Cc1ccc2cc(CNc3cnc(Cl)c(C)c3)ccc2n1. The lowest BCUT2D eigenvalue weighted by Crippen LogP contribution is -2.00. The number of halogens is 1. The molecule has 1 N–H and O–H groups in total. The van der Waals surface area contributed by atoms with Gasteiger partial charge in [0.15, 0.2) is 0 Å². The van der Waals surface area contributed by atoms with Crippen molar-refractivity contribution >= 4 is 28.2 Å². The summed E-state index contributed by atoms with van der Waals surface area (Å²) in [5.41, 5.74) is 5.22. The van der Waals surface area contributed by atoms with Crippen LogP contribution in [0.2, 0.25) is 5.15 Å². The number of benzene rings is 1. The van der Waals surface area contributed by atoms with Crippen LogP contribution in [0.5, 0.6) is 0 Å². The zero-order valence-corrected chi connectivity index (χ0v) is 12.8. The van der Waals surface area contributed by atoms with Crippen molar-refractivity contribution in [2.45, 2.75) is 20.4 Å². The molecule has 106 valence electrons. The third-order valence-corrected chi connectivity index (χ3v) is 3.80. The molecule has 0 saturated carbocycles. The minimum Gasteiger partial charge on any atom is -0.380 e. The lowest BCUT2D eigenvalue weighted by molar-refractivity contribution is 1.13. The third kappa shape index (κ3) is 3.14. The van der Waals surface area contributed by atoms with Gasteiger partial charge in [-0.25, -0.2) is 4.98 Å². The maximum Gasteiger partial charge on any atom is 0.132 e. The summed E-state index contributed by atoms with van der Waals surface area (Å²) in [6.07, 6.45) is 1.75. The van der Waals surface area contributed by atoms with Crippen LogP contribution in [0.3, 0.4) is 0 Å². The van der Waals surface area contributed by atoms with E-state index in [0.29, 0.717) is 5.15 Å². The Morgan fingerprint density at radius 1 is 1.10 bits per heavy atom. The predicted octanol–water partition coefficient (Wildman–Crippen LogP) is 4.51. The largest absolute Gasteiger partial charge is 0.380 e. The molecule has 3 aromatic rings. The van der Waals surface area contributed by atoms with Gasteiger partial charge in [-0.05, 0) is 49.2 Å². The van der Waals surface area contributed by atoms with E-state index in [-0.39, 0.29) is 0 Å². The Labute approximate surface area is 129 Å². The summed E-state index contributed by atoms with van der Waals surface area (Å²) in [4.78, 5) is 8.65. The fraction of sp³-hybridized carbons (Fsp3) is 0.176. The molecule has 0 spiro atoms. The van der Waals surface area contributed by atoms with Crippen molar-refractivity contribution in [2.75, 3.05) is 5.32 Å². The minimum atomic E-state index is 0.549. The maximum absolute atomic E-state index is 5.93. The number of fused-ring (bicyclic) bond motifs is 1. The average molecular weight is 298 g/mol. The van der Waals surface area contributed by atoms with E-state index in [1.165, 1.54) is 5.56 Å². The fourth-order valence-electron chi connectivity index (χ4n) is 2.25. The predicted molar refractivity (Wildman–Crippen MR) is 87.8 cm³/mol. The first-order chi connectivity index (χ1) is 10.1. The van der Waals surface area contributed by atoms with Gasteiger partial charge in [-0.2, -0.15) is 0 Å². The molecule has 0 radical (unpaired) electrons. The van der Waals surface area contributed by atoms with Crippen LogP contribution in [0.4, 0.5) is 5.69 Å². The highest BCUT2D eigenvalue weighted by Crippen LogP contribution is 2.18. The number of hydrogen-bond acceptors (Lipinski definition) is 3. The van der Waals surface area contributed by atoms with Crippen molar-refractivity contribution in [1.82, 2.24) is 9.97 Å². The van der Waals surface area contributed by atoms with Gasteiger partial charge >= 0.3 is 0 Å². The van der Waals surface area contributed by atoms with E-state index in [1.807, 2.05) is 26.0 Å². The molecule has 2 heterocycles. The van der Waals surface area contributed by atoms with E-state index in [9.17, 15) is 0 Å². The topological polar surface area (TPSA) is 37.8 Å². The van der Waals surface area contributed by atoms with E-state index in [4.69, 9.17) is 11.6 Å². The second-order valence-corrected chi connectivity index (χ2v) is 5.52.